The molecule has 0 aliphatic rings. The van der Waals surface area contributed by atoms with Crippen LogP contribution in [0, 0.1) is 3.57 Å². The molecule has 0 heterocycles. The fourth-order valence-corrected chi connectivity index (χ4v) is 1.29. The summed E-state index contributed by atoms with van der Waals surface area (Å²) in [6, 6.07) is 7.52. The van der Waals surface area contributed by atoms with Gasteiger partial charge >= 0.3 is 5.97 Å². The highest BCUT2D eigenvalue weighted by molar-refractivity contribution is 14.1. The molecular weight excluding hydrogens is 299 g/mol. The van der Waals surface area contributed by atoms with E-state index in [4.69, 9.17) is 5.11 Å². The summed E-state index contributed by atoms with van der Waals surface area (Å²) in [4.78, 5) is 10.5. The average Bonchev–Trinajstić information content (AvgIpc) is 2.08. The first-order valence-electron chi connectivity index (χ1n) is 3.49. The van der Waals surface area contributed by atoms with E-state index < -0.39 is 5.97 Å². The molecule has 68 valence electrons. The van der Waals surface area contributed by atoms with Crippen molar-refractivity contribution >= 4 is 47.3 Å². The third-order valence-electron chi connectivity index (χ3n) is 1.39. The summed E-state index contributed by atoms with van der Waals surface area (Å²) in [7, 11) is 0. The second-order valence-corrected chi connectivity index (χ2v) is 4.11. The monoisotopic (exact) mass is 306 g/mol. The molecule has 0 saturated carbocycles. The van der Waals surface area contributed by atoms with Crippen LogP contribution in [0.15, 0.2) is 29.2 Å². The van der Waals surface area contributed by atoms with Gasteiger partial charge in [-0.2, -0.15) is 0 Å². The van der Waals surface area contributed by atoms with Crippen LogP contribution >= 0.6 is 35.2 Å². The van der Waals surface area contributed by atoms with Gasteiger partial charge in [-0.05, 0) is 46.4 Å². The van der Waals surface area contributed by atoms with Crippen LogP contribution in [0.2, 0.25) is 0 Å². The van der Waals surface area contributed by atoms with Gasteiger partial charge in [0.15, 0.2) is 0 Å². The fraction of sp³-hybridized carbons (Fsp3) is 0. The van der Waals surface area contributed by atoms with Crippen LogP contribution in [-0.2, 0) is 4.79 Å². The van der Waals surface area contributed by atoms with Crippen molar-refractivity contribution in [3.63, 3.8) is 0 Å². The zero-order valence-electron chi connectivity index (χ0n) is 6.57. The minimum Gasteiger partial charge on any atom is -0.477 e. The van der Waals surface area contributed by atoms with E-state index in [1.807, 2.05) is 24.3 Å². The molecule has 1 aromatic rings. The lowest BCUT2D eigenvalue weighted by atomic mass is 10.2. The van der Waals surface area contributed by atoms with Crippen molar-refractivity contribution in [2.45, 2.75) is 0 Å². The van der Waals surface area contributed by atoms with Crippen molar-refractivity contribution in [3.8, 4) is 0 Å². The Hall–Kier alpha value is -0.490. The first-order valence-corrected chi connectivity index (χ1v) is 5.02. The van der Waals surface area contributed by atoms with Crippen LogP contribution < -0.4 is 0 Å². The molecule has 0 unspecified atom stereocenters. The predicted octanol–water partition coefficient (Wildman–Crippen LogP) is 2.65. The average molecular weight is 306 g/mol. The second kappa shape index (κ2) is 4.66. The Balaban J connectivity index is 2.92. The van der Waals surface area contributed by atoms with Gasteiger partial charge in [0.25, 0.3) is 0 Å². The molecule has 4 heteroatoms. The maximum absolute atomic E-state index is 10.4. The third-order valence-corrected chi connectivity index (χ3v) is 2.43. The molecular formula is C9H7IO2S. The quantitative estimate of drug-likeness (QED) is 0.501. The van der Waals surface area contributed by atoms with Crippen LogP contribution in [0.5, 0.6) is 0 Å². The van der Waals surface area contributed by atoms with Gasteiger partial charge in [-0.1, -0.05) is 12.1 Å². The minimum absolute atomic E-state index is 0.0428. The van der Waals surface area contributed by atoms with Crippen LogP contribution in [0.4, 0.5) is 0 Å². The van der Waals surface area contributed by atoms with Crippen LogP contribution in [-0.4, -0.2) is 11.1 Å². The summed E-state index contributed by atoms with van der Waals surface area (Å²) >= 11 is 6.01. The lowest BCUT2D eigenvalue weighted by Gasteiger charge is -1.95. The van der Waals surface area contributed by atoms with Crippen LogP contribution in [0.1, 0.15) is 5.56 Å². The van der Waals surface area contributed by atoms with E-state index in [0.717, 1.165) is 9.13 Å². The molecule has 0 aliphatic carbocycles. The third kappa shape index (κ3) is 3.40. The van der Waals surface area contributed by atoms with E-state index in [-0.39, 0.29) is 4.91 Å². The Bertz CT molecular complexity index is 343. The molecule has 0 saturated heterocycles. The highest BCUT2D eigenvalue weighted by Gasteiger charge is 2.00. The predicted molar refractivity (Wildman–Crippen MR) is 63.8 cm³/mol. The molecule has 2 nitrogen and oxygen atoms in total. The topological polar surface area (TPSA) is 37.3 Å². The molecule has 1 aromatic carbocycles. The van der Waals surface area contributed by atoms with Crippen molar-refractivity contribution in [1.82, 2.24) is 0 Å². The van der Waals surface area contributed by atoms with E-state index in [1.54, 1.807) is 0 Å². The number of thiol groups is 1. The normalized spacial score (nSPS) is 11.4. The van der Waals surface area contributed by atoms with Gasteiger partial charge in [-0.25, -0.2) is 4.79 Å². The molecule has 1 N–H and O–H groups in total. The van der Waals surface area contributed by atoms with E-state index in [2.05, 4.69) is 35.2 Å². The van der Waals surface area contributed by atoms with Crippen molar-refractivity contribution in [3.05, 3.63) is 38.3 Å². The summed E-state index contributed by atoms with van der Waals surface area (Å²) in [6.07, 6.45) is 1.52. The molecule has 0 atom stereocenters. The molecule has 0 aromatic heterocycles. The smallest absolute Gasteiger partial charge is 0.341 e. The van der Waals surface area contributed by atoms with Gasteiger partial charge in [-0.15, -0.1) is 12.6 Å². The number of hydrogen-bond donors (Lipinski definition) is 2. The molecule has 13 heavy (non-hydrogen) atoms. The lowest BCUT2D eigenvalue weighted by Crippen LogP contribution is -1.93. The highest BCUT2D eigenvalue weighted by atomic mass is 127. The number of halogens is 1. The summed E-state index contributed by atoms with van der Waals surface area (Å²) in [5, 5.41) is 8.55. The standard InChI is InChI=1S/C9H7IO2S/c10-7-3-1-6(2-4-7)5-8(13)9(11)12/h1-5,13H,(H,11,12)/b8-5-. The first-order chi connectivity index (χ1) is 6.09. The minimum atomic E-state index is -1.01. The Labute approximate surface area is 95.2 Å². The highest BCUT2D eigenvalue weighted by Crippen LogP contribution is 2.12. The summed E-state index contributed by atoms with van der Waals surface area (Å²) in [5.74, 6) is -1.01. The van der Waals surface area contributed by atoms with Gasteiger partial charge in [0.2, 0.25) is 0 Å². The molecule has 0 fully saturated rings. The maximum atomic E-state index is 10.4. The molecule has 0 bridgehead atoms. The molecule has 0 radical (unpaired) electrons. The lowest BCUT2D eigenvalue weighted by molar-refractivity contribution is -0.131. The number of hydrogen-bond acceptors (Lipinski definition) is 2. The van der Waals surface area contributed by atoms with Crippen LogP contribution in [0.3, 0.4) is 0 Å². The van der Waals surface area contributed by atoms with Crippen molar-refractivity contribution < 1.29 is 9.90 Å². The molecule has 0 aliphatic heterocycles. The number of rotatable bonds is 2. The summed E-state index contributed by atoms with van der Waals surface area (Å²) < 4.78 is 1.12. The van der Waals surface area contributed by atoms with Crippen molar-refractivity contribution in [2.75, 3.05) is 0 Å². The van der Waals surface area contributed by atoms with Gasteiger partial charge < -0.3 is 5.11 Å². The Morgan fingerprint density at radius 2 is 1.92 bits per heavy atom. The molecule has 0 amide bonds. The Kier molecular flexibility index (Phi) is 3.80. The SMILES string of the molecule is O=C(O)/C(S)=C/c1ccc(I)cc1. The first kappa shape index (κ1) is 10.6. The molecule has 1 rings (SSSR count). The zero-order chi connectivity index (χ0) is 9.84. The van der Waals surface area contributed by atoms with Gasteiger partial charge in [0.1, 0.15) is 0 Å². The number of carboxylic acid groups (broad SMARTS) is 1. The largest absolute Gasteiger partial charge is 0.477 e. The maximum Gasteiger partial charge on any atom is 0.341 e. The number of carboxylic acids is 1. The Morgan fingerprint density at radius 1 is 1.38 bits per heavy atom. The van der Waals surface area contributed by atoms with Gasteiger partial charge in [0, 0.05) is 3.57 Å². The van der Waals surface area contributed by atoms with Gasteiger partial charge in [-0.3, -0.25) is 0 Å². The number of benzene rings is 1. The van der Waals surface area contributed by atoms with Crippen molar-refractivity contribution in [2.24, 2.45) is 0 Å². The van der Waals surface area contributed by atoms with E-state index in [1.165, 1.54) is 6.08 Å². The van der Waals surface area contributed by atoms with E-state index in [0.29, 0.717) is 0 Å². The number of aliphatic carboxylic acids is 1. The summed E-state index contributed by atoms with van der Waals surface area (Å²) in [6.45, 7) is 0. The number of carbonyl (C=O) groups is 1. The Morgan fingerprint density at radius 3 is 2.38 bits per heavy atom. The van der Waals surface area contributed by atoms with E-state index >= 15 is 0 Å². The second-order valence-electron chi connectivity index (χ2n) is 2.39. The van der Waals surface area contributed by atoms with Crippen molar-refractivity contribution in [1.29, 1.82) is 0 Å². The van der Waals surface area contributed by atoms with Gasteiger partial charge in [0.05, 0.1) is 4.91 Å². The van der Waals surface area contributed by atoms with Crippen LogP contribution in [0.25, 0.3) is 6.08 Å². The van der Waals surface area contributed by atoms with E-state index in [9.17, 15) is 4.79 Å². The zero-order valence-corrected chi connectivity index (χ0v) is 9.62. The summed E-state index contributed by atoms with van der Waals surface area (Å²) in [5.41, 5.74) is 0.841. The fourth-order valence-electron chi connectivity index (χ4n) is 0.779. The molecule has 0 spiro atoms.